The molecular formula is C13H10Cl2FNO. The molecule has 0 radical (unpaired) electrons. The number of benzene rings is 1. The van der Waals surface area contributed by atoms with Crippen LogP contribution in [0, 0.1) is 5.82 Å². The Morgan fingerprint density at radius 1 is 1.28 bits per heavy atom. The second-order valence-corrected chi connectivity index (χ2v) is 4.65. The summed E-state index contributed by atoms with van der Waals surface area (Å²) in [6.07, 6.45) is 1.89. The number of aliphatic hydroxyl groups excluding tert-OH is 1. The molecule has 0 bridgehead atoms. The number of nitrogens with zero attached hydrogens (tertiary/aromatic N) is 1. The van der Waals surface area contributed by atoms with Gasteiger partial charge < -0.3 is 5.11 Å². The molecule has 1 aromatic heterocycles. The highest BCUT2D eigenvalue weighted by atomic mass is 35.5. The lowest BCUT2D eigenvalue weighted by Crippen LogP contribution is -2.03. The van der Waals surface area contributed by atoms with Crippen LogP contribution in [0.15, 0.2) is 36.7 Å². The van der Waals surface area contributed by atoms with E-state index in [9.17, 15) is 9.50 Å². The normalized spacial score (nSPS) is 12.4. The van der Waals surface area contributed by atoms with Crippen LogP contribution in [0.3, 0.4) is 0 Å². The van der Waals surface area contributed by atoms with Crippen LogP contribution in [0.1, 0.15) is 17.2 Å². The van der Waals surface area contributed by atoms with Crippen LogP contribution in [0.4, 0.5) is 4.39 Å². The molecule has 2 nitrogen and oxygen atoms in total. The Balaban J connectivity index is 2.21. The predicted molar refractivity (Wildman–Crippen MR) is 69.3 cm³/mol. The fourth-order valence-corrected chi connectivity index (χ4v) is 2.04. The molecule has 2 aromatic rings. The summed E-state index contributed by atoms with van der Waals surface area (Å²) in [5.74, 6) is -0.483. The summed E-state index contributed by atoms with van der Waals surface area (Å²) in [4.78, 5) is 3.69. The zero-order valence-electron chi connectivity index (χ0n) is 9.28. The summed E-state index contributed by atoms with van der Waals surface area (Å²) in [5.41, 5.74) is 1.12. The summed E-state index contributed by atoms with van der Waals surface area (Å²) in [5, 5.41) is 10.8. The van der Waals surface area contributed by atoms with Crippen molar-refractivity contribution in [2.75, 3.05) is 0 Å². The van der Waals surface area contributed by atoms with Crippen molar-refractivity contribution in [1.82, 2.24) is 4.98 Å². The number of pyridine rings is 1. The Labute approximate surface area is 114 Å². The summed E-state index contributed by atoms with van der Waals surface area (Å²) >= 11 is 11.9. The minimum Gasteiger partial charge on any atom is -0.388 e. The van der Waals surface area contributed by atoms with Crippen molar-refractivity contribution in [3.8, 4) is 0 Å². The van der Waals surface area contributed by atoms with Crippen molar-refractivity contribution in [3.63, 3.8) is 0 Å². The molecule has 18 heavy (non-hydrogen) atoms. The number of aromatic nitrogens is 1. The lowest BCUT2D eigenvalue weighted by Gasteiger charge is -2.12. The van der Waals surface area contributed by atoms with E-state index < -0.39 is 11.9 Å². The largest absolute Gasteiger partial charge is 0.388 e. The van der Waals surface area contributed by atoms with E-state index in [0.717, 1.165) is 6.20 Å². The zero-order chi connectivity index (χ0) is 13.1. The monoisotopic (exact) mass is 285 g/mol. The van der Waals surface area contributed by atoms with Gasteiger partial charge in [-0.05, 0) is 17.7 Å². The molecule has 1 heterocycles. The van der Waals surface area contributed by atoms with E-state index in [2.05, 4.69) is 4.98 Å². The Morgan fingerprint density at radius 2 is 2.06 bits per heavy atom. The first-order valence-corrected chi connectivity index (χ1v) is 6.05. The first-order valence-electron chi connectivity index (χ1n) is 5.29. The van der Waals surface area contributed by atoms with Gasteiger partial charge in [0.2, 0.25) is 0 Å². The summed E-state index contributed by atoms with van der Waals surface area (Å²) < 4.78 is 13.0. The molecule has 1 unspecified atom stereocenters. The fourth-order valence-electron chi connectivity index (χ4n) is 1.64. The third kappa shape index (κ3) is 2.99. The van der Waals surface area contributed by atoms with E-state index in [0.29, 0.717) is 21.2 Å². The molecule has 2 rings (SSSR count). The van der Waals surface area contributed by atoms with Crippen LogP contribution in [0.25, 0.3) is 0 Å². The van der Waals surface area contributed by atoms with Gasteiger partial charge in [-0.3, -0.25) is 4.98 Å². The molecular weight excluding hydrogens is 276 g/mol. The Morgan fingerprint density at radius 3 is 2.78 bits per heavy atom. The van der Waals surface area contributed by atoms with E-state index in [1.165, 1.54) is 12.3 Å². The molecule has 1 atom stereocenters. The first-order chi connectivity index (χ1) is 8.58. The molecule has 0 fully saturated rings. The number of hydrogen-bond acceptors (Lipinski definition) is 2. The highest BCUT2D eigenvalue weighted by Crippen LogP contribution is 2.29. The molecule has 5 heteroatoms. The van der Waals surface area contributed by atoms with Gasteiger partial charge in [-0.25, -0.2) is 4.39 Å². The Bertz CT molecular complexity index is 562. The van der Waals surface area contributed by atoms with Crippen LogP contribution in [-0.2, 0) is 6.42 Å². The Hall–Kier alpha value is -1.16. The van der Waals surface area contributed by atoms with Gasteiger partial charge in [-0.15, -0.1) is 0 Å². The summed E-state index contributed by atoms with van der Waals surface area (Å²) in [7, 11) is 0. The van der Waals surface area contributed by atoms with Crippen LogP contribution in [0.2, 0.25) is 10.0 Å². The molecule has 0 aliphatic rings. The predicted octanol–water partition coefficient (Wildman–Crippen LogP) is 3.80. The maximum Gasteiger partial charge on any atom is 0.141 e. The molecule has 0 aliphatic carbocycles. The number of aliphatic hydroxyl groups is 1. The average Bonchev–Trinajstić information content (AvgIpc) is 2.35. The molecule has 1 aromatic carbocycles. The number of hydrogen-bond donors (Lipinski definition) is 1. The molecule has 0 spiro atoms. The van der Waals surface area contributed by atoms with Crippen LogP contribution < -0.4 is 0 Å². The standard InChI is InChI=1S/C13H10Cl2FNO/c14-11-3-1-2-8(13(11)15)5-12(18)9-4-10(16)7-17-6-9/h1-4,6-7,12,18H,5H2. The smallest absolute Gasteiger partial charge is 0.141 e. The van der Waals surface area contributed by atoms with Crippen molar-refractivity contribution >= 4 is 23.2 Å². The number of rotatable bonds is 3. The molecule has 94 valence electrons. The Kier molecular flexibility index (Phi) is 4.17. The minimum atomic E-state index is -0.871. The highest BCUT2D eigenvalue weighted by molar-refractivity contribution is 6.42. The van der Waals surface area contributed by atoms with Crippen molar-refractivity contribution in [1.29, 1.82) is 0 Å². The zero-order valence-corrected chi connectivity index (χ0v) is 10.8. The van der Waals surface area contributed by atoms with Gasteiger partial charge in [-0.2, -0.15) is 0 Å². The van der Waals surface area contributed by atoms with Crippen LogP contribution in [-0.4, -0.2) is 10.1 Å². The molecule has 0 amide bonds. The van der Waals surface area contributed by atoms with Gasteiger partial charge in [0.15, 0.2) is 0 Å². The maximum absolute atomic E-state index is 13.0. The molecule has 1 N–H and O–H groups in total. The lowest BCUT2D eigenvalue weighted by molar-refractivity contribution is 0.177. The third-order valence-electron chi connectivity index (χ3n) is 2.56. The van der Waals surface area contributed by atoms with Gasteiger partial charge in [0.1, 0.15) is 5.82 Å². The fraction of sp³-hybridized carbons (Fsp3) is 0.154. The van der Waals surface area contributed by atoms with Crippen molar-refractivity contribution in [2.45, 2.75) is 12.5 Å². The summed E-state index contributed by atoms with van der Waals surface area (Å²) in [6, 6.07) is 6.43. The molecule has 0 aliphatic heterocycles. The second-order valence-electron chi connectivity index (χ2n) is 3.87. The van der Waals surface area contributed by atoms with Gasteiger partial charge in [0.25, 0.3) is 0 Å². The maximum atomic E-state index is 13.0. The van der Waals surface area contributed by atoms with Crippen molar-refractivity contribution in [3.05, 3.63) is 63.6 Å². The van der Waals surface area contributed by atoms with E-state index in [1.807, 2.05) is 0 Å². The van der Waals surface area contributed by atoms with E-state index in [-0.39, 0.29) is 6.42 Å². The van der Waals surface area contributed by atoms with Gasteiger partial charge in [0.05, 0.1) is 22.3 Å². The van der Waals surface area contributed by atoms with Crippen molar-refractivity contribution in [2.24, 2.45) is 0 Å². The van der Waals surface area contributed by atoms with Gasteiger partial charge >= 0.3 is 0 Å². The first kappa shape index (κ1) is 13.3. The minimum absolute atomic E-state index is 0.254. The lowest BCUT2D eigenvalue weighted by atomic mass is 10.0. The van der Waals surface area contributed by atoms with E-state index >= 15 is 0 Å². The third-order valence-corrected chi connectivity index (χ3v) is 3.41. The summed E-state index contributed by atoms with van der Waals surface area (Å²) in [6.45, 7) is 0. The van der Waals surface area contributed by atoms with E-state index in [1.54, 1.807) is 18.2 Å². The number of halogens is 3. The van der Waals surface area contributed by atoms with Crippen LogP contribution >= 0.6 is 23.2 Å². The van der Waals surface area contributed by atoms with Crippen LogP contribution in [0.5, 0.6) is 0 Å². The van der Waals surface area contributed by atoms with Crippen molar-refractivity contribution < 1.29 is 9.50 Å². The average molecular weight is 286 g/mol. The second kappa shape index (κ2) is 5.65. The van der Waals surface area contributed by atoms with Gasteiger partial charge in [0, 0.05) is 18.2 Å². The van der Waals surface area contributed by atoms with Gasteiger partial charge in [-0.1, -0.05) is 35.3 Å². The molecule has 0 saturated heterocycles. The molecule has 0 saturated carbocycles. The topological polar surface area (TPSA) is 33.1 Å². The SMILES string of the molecule is OC(Cc1cccc(Cl)c1Cl)c1cncc(F)c1. The quantitative estimate of drug-likeness (QED) is 0.930. The highest BCUT2D eigenvalue weighted by Gasteiger charge is 2.13. The van der Waals surface area contributed by atoms with E-state index in [4.69, 9.17) is 23.2 Å².